The van der Waals surface area contributed by atoms with E-state index in [1.807, 2.05) is 6.92 Å². The number of benzene rings is 1. The molecular formula is C15H16FNO2. The van der Waals surface area contributed by atoms with E-state index in [2.05, 4.69) is 4.98 Å². The van der Waals surface area contributed by atoms with Crippen molar-refractivity contribution in [3.8, 4) is 5.75 Å². The van der Waals surface area contributed by atoms with Gasteiger partial charge in [0.1, 0.15) is 17.7 Å². The van der Waals surface area contributed by atoms with Gasteiger partial charge < -0.3 is 9.84 Å². The molecule has 0 fully saturated rings. The largest absolute Gasteiger partial charge is 0.492 e. The molecular weight excluding hydrogens is 245 g/mol. The Kier molecular flexibility index (Phi) is 4.47. The highest BCUT2D eigenvalue weighted by Crippen LogP contribution is 2.24. The Labute approximate surface area is 111 Å². The van der Waals surface area contributed by atoms with Gasteiger partial charge in [-0.15, -0.1) is 0 Å². The van der Waals surface area contributed by atoms with Crippen molar-refractivity contribution in [2.24, 2.45) is 0 Å². The lowest BCUT2D eigenvalue weighted by Gasteiger charge is -2.12. The van der Waals surface area contributed by atoms with Gasteiger partial charge in [0.15, 0.2) is 0 Å². The second-order valence-corrected chi connectivity index (χ2v) is 4.26. The standard InChI is InChI=1S/C15H16FNO2/c1-2-7-19-14-8-12(9-17-10-14)15(18)11-3-5-13(16)6-4-11/h3-6,8-10,15,18H,2,7H2,1H3. The Morgan fingerprint density at radius 2 is 1.95 bits per heavy atom. The highest BCUT2D eigenvalue weighted by molar-refractivity contribution is 5.32. The highest BCUT2D eigenvalue weighted by atomic mass is 19.1. The molecule has 0 aliphatic heterocycles. The third-order valence-corrected chi connectivity index (χ3v) is 2.71. The predicted octanol–water partition coefficient (Wildman–Crippen LogP) is 3.09. The third kappa shape index (κ3) is 3.51. The zero-order valence-corrected chi connectivity index (χ0v) is 10.7. The topological polar surface area (TPSA) is 42.4 Å². The van der Waals surface area contributed by atoms with Crippen LogP contribution in [0.3, 0.4) is 0 Å². The Morgan fingerprint density at radius 3 is 2.63 bits per heavy atom. The fraction of sp³-hybridized carbons (Fsp3) is 0.267. The number of rotatable bonds is 5. The lowest BCUT2D eigenvalue weighted by molar-refractivity contribution is 0.218. The fourth-order valence-corrected chi connectivity index (χ4v) is 1.72. The Balaban J connectivity index is 2.18. The van der Waals surface area contributed by atoms with Gasteiger partial charge in [-0.1, -0.05) is 19.1 Å². The number of nitrogens with zero attached hydrogens (tertiary/aromatic N) is 1. The minimum atomic E-state index is -0.835. The van der Waals surface area contributed by atoms with Gasteiger partial charge in [0.25, 0.3) is 0 Å². The predicted molar refractivity (Wildman–Crippen MR) is 70.5 cm³/mol. The van der Waals surface area contributed by atoms with Crippen LogP contribution in [0.5, 0.6) is 5.75 Å². The normalized spacial score (nSPS) is 12.2. The molecule has 3 nitrogen and oxygen atoms in total. The molecule has 2 rings (SSSR count). The maximum atomic E-state index is 12.8. The summed E-state index contributed by atoms with van der Waals surface area (Å²) in [6.45, 7) is 2.63. The van der Waals surface area contributed by atoms with Crippen LogP contribution in [-0.4, -0.2) is 16.7 Å². The van der Waals surface area contributed by atoms with Crippen molar-refractivity contribution in [3.63, 3.8) is 0 Å². The summed E-state index contributed by atoms with van der Waals surface area (Å²) < 4.78 is 18.3. The van der Waals surface area contributed by atoms with Gasteiger partial charge in [0.05, 0.1) is 12.8 Å². The summed E-state index contributed by atoms with van der Waals surface area (Å²) in [6.07, 6.45) is 3.26. The van der Waals surface area contributed by atoms with Crippen molar-refractivity contribution >= 4 is 0 Å². The van der Waals surface area contributed by atoms with E-state index < -0.39 is 6.10 Å². The van der Waals surface area contributed by atoms with E-state index in [1.54, 1.807) is 30.6 Å². The molecule has 0 aliphatic carbocycles. The van der Waals surface area contributed by atoms with Crippen LogP contribution in [-0.2, 0) is 0 Å². The van der Waals surface area contributed by atoms with E-state index in [0.29, 0.717) is 23.5 Å². The summed E-state index contributed by atoms with van der Waals surface area (Å²) in [6, 6.07) is 7.50. The molecule has 2 aromatic rings. The van der Waals surface area contributed by atoms with Crippen molar-refractivity contribution in [2.45, 2.75) is 19.4 Å². The first-order valence-corrected chi connectivity index (χ1v) is 6.22. The average molecular weight is 261 g/mol. The maximum Gasteiger partial charge on any atom is 0.137 e. The summed E-state index contributed by atoms with van der Waals surface area (Å²) >= 11 is 0. The lowest BCUT2D eigenvalue weighted by Crippen LogP contribution is -2.02. The van der Waals surface area contributed by atoms with Gasteiger partial charge in [-0.2, -0.15) is 0 Å². The monoisotopic (exact) mass is 261 g/mol. The maximum absolute atomic E-state index is 12.8. The molecule has 0 amide bonds. The van der Waals surface area contributed by atoms with E-state index >= 15 is 0 Å². The molecule has 1 unspecified atom stereocenters. The van der Waals surface area contributed by atoms with Crippen molar-refractivity contribution in [3.05, 3.63) is 59.7 Å². The molecule has 1 N–H and O–H groups in total. The zero-order chi connectivity index (χ0) is 13.7. The van der Waals surface area contributed by atoms with Crippen LogP contribution in [0.25, 0.3) is 0 Å². The van der Waals surface area contributed by atoms with Gasteiger partial charge >= 0.3 is 0 Å². The van der Waals surface area contributed by atoms with E-state index in [4.69, 9.17) is 4.74 Å². The van der Waals surface area contributed by atoms with Crippen molar-refractivity contribution < 1.29 is 14.2 Å². The molecule has 0 spiro atoms. The second kappa shape index (κ2) is 6.29. The number of ether oxygens (including phenoxy) is 1. The second-order valence-electron chi connectivity index (χ2n) is 4.26. The van der Waals surface area contributed by atoms with Crippen LogP contribution in [0.15, 0.2) is 42.7 Å². The molecule has 0 saturated heterocycles. The van der Waals surface area contributed by atoms with Gasteiger partial charge in [-0.05, 0) is 30.2 Å². The average Bonchev–Trinajstić information content (AvgIpc) is 2.45. The number of pyridine rings is 1. The number of hydrogen-bond donors (Lipinski definition) is 1. The lowest BCUT2D eigenvalue weighted by atomic mass is 10.0. The molecule has 1 aromatic carbocycles. The smallest absolute Gasteiger partial charge is 0.137 e. The third-order valence-electron chi connectivity index (χ3n) is 2.71. The molecule has 0 saturated carbocycles. The first-order valence-electron chi connectivity index (χ1n) is 6.22. The van der Waals surface area contributed by atoms with Gasteiger partial charge in [-0.25, -0.2) is 4.39 Å². The highest BCUT2D eigenvalue weighted by Gasteiger charge is 2.11. The summed E-state index contributed by atoms with van der Waals surface area (Å²) in [4.78, 5) is 4.04. The van der Waals surface area contributed by atoms with Crippen LogP contribution in [0.2, 0.25) is 0 Å². The SMILES string of the molecule is CCCOc1cncc(C(O)c2ccc(F)cc2)c1. The quantitative estimate of drug-likeness (QED) is 0.899. The number of aromatic nitrogens is 1. The van der Waals surface area contributed by atoms with Crippen molar-refractivity contribution in [1.29, 1.82) is 0 Å². The van der Waals surface area contributed by atoms with Crippen LogP contribution >= 0.6 is 0 Å². The molecule has 4 heteroatoms. The van der Waals surface area contributed by atoms with Crippen LogP contribution in [0.1, 0.15) is 30.6 Å². The van der Waals surface area contributed by atoms with Gasteiger partial charge in [0, 0.05) is 11.8 Å². The first-order chi connectivity index (χ1) is 9.20. The molecule has 0 bridgehead atoms. The Bertz CT molecular complexity index is 528. The first kappa shape index (κ1) is 13.5. The molecule has 1 heterocycles. The molecule has 1 aromatic heterocycles. The molecule has 19 heavy (non-hydrogen) atoms. The van der Waals surface area contributed by atoms with E-state index in [9.17, 15) is 9.50 Å². The number of aliphatic hydroxyl groups excluding tert-OH is 1. The minimum absolute atomic E-state index is 0.325. The molecule has 1 atom stereocenters. The van der Waals surface area contributed by atoms with Crippen LogP contribution in [0, 0.1) is 5.82 Å². The Morgan fingerprint density at radius 1 is 1.21 bits per heavy atom. The van der Waals surface area contributed by atoms with Crippen molar-refractivity contribution in [2.75, 3.05) is 6.61 Å². The number of halogens is 1. The van der Waals surface area contributed by atoms with E-state index in [1.165, 1.54) is 12.1 Å². The summed E-state index contributed by atoms with van der Waals surface area (Å²) in [7, 11) is 0. The zero-order valence-electron chi connectivity index (χ0n) is 10.7. The molecule has 0 radical (unpaired) electrons. The van der Waals surface area contributed by atoms with Crippen LogP contribution in [0.4, 0.5) is 4.39 Å². The van der Waals surface area contributed by atoms with Crippen molar-refractivity contribution in [1.82, 2.24) is 4.98 Å². The van der Waals surface area contributed by atoms with E-state index in [0.717, 1.165) is 6.42 Å². The minimum Gasteiger partial charge on any atom is -0.492 e. The van der Waals surface area contributed by atoms with Gasteiger partial charge in [-0.3, -0.25) is 4.98 Å². The summed E-state index contributed by atoms with van der Waals surface area (Å²) in [5.74, 6) is 0.301. The summed E-state index contributed by atoms with van der Waals surface area (Å²) in [5, 5.41) is 10.2. The van der Waals surface area contributed by atoms with Gasteiger partial charge in [0.2, 0.25) is 0 Å². The number of hydrogen-bond acceptors (Lipinski definition) is 3. The molecule has 100 valence electrons. The molecule has 0 aliphatic rings. The van der Waals surface area contributed by atoms with E-state index in [-0.39, 0.29) is 5.82 Å². The van der Waals surface area contributed by atoms with Crippen LogP contribution < -0.4 is 4.74 Å². The number of aliphatic hydroxyl groups is 1. The Hall–Kier alpha value is -1.94. The summed E-state index contributed by atoms with van der Waals surface area (Å²) in [5.41, 5.74) is 1.25. The fourth-order valence-electron chi connectivity index (χ4n) is 1.72.